The number of esters is 1. The van der Waals surface area contributed by atoms with Crippen molar-refractivity contribution < 1.29 is 33.0 Å². The molecule has 1 amide bonds. The van der Waals surface area contributed by atoms with Crippen LogP contribution in [0.2, 0.25) is 0 Å². The number of carbonyl (C=O) groups is 2. The number of carbonyl (C=O) groups excluding carboxylic acids is 2. The second-order valence-electron chi connectivity index (χ2n) is 6.85. The smallest absolute Gasteiger partial charge is 0.408 e. The summed E-state index contributed by atoms with van der Waals surface area (Å²) < 4.78 is 26.2. The summed E-state index contributed by atoms with van der Waals surface area (Å²) in [6.07, 6.45) is 1.73. The summed E-state index contributed by atoms with van der Waals surface area (Å²) >= 11 is 0. The van der Waals surface area contributed by atoms with Gasteiger partial charge in [-0.2, -0.15) is 0 Å². The van der Waals surface area contributed by atoms with E-state index < -0.39 is 23.7 Å². The van der Waals surface area contributed by atoms with Crippen molar-refractivity contribution in [3.05, 3.63) is 36.0 Å². The van der Waals surface area contributed by atoms with E-state index in [4.69, 9.17) is 23.4 Å². The van der Waals surface area contributed by atoms with Crippen LogP contribution in [-0.4, -0.2) is 36.9 Å². The summed E-state index contributed by atoms with van der Waals surface area (Å²) in [6, 6.07) is 2.75. The van der Waals surface area contributed by atoms with Crippen LogP contribution in [0.4, 0.5) is 4.79 Å². The van der Waals surface area contributed by atoms with E-state index in [1.54, 1.807) is 39.8 Å². The molecule has 9 heteroatoms. The van der Waals surface area contributed by atoms with Crippen molar-refractivity contribution in [2.75, 3.05) is 14.2 Å². The van der Waals surface area contributed by atoms with Gasteiger partial charge < -0.3 is 28.7 Å². The summed E-state index contributed by atoms with van der Waals surface area (Å²) in [7, 11) is 2.87. The molecular weight excluding hydrogens is 368 g/mol. The van der Waals surface area contributed by atoms with Crippen molar-refractivity contribution in [3.63, 3.8) is 0 Å². The molecule has 1 atom stereocenters. The Hall–Kier alpha value is -3.23. The third-order valence-electron chi connectivity index (χ3n) is 3.56. The van der Waals surface area contributed by atoms with Crippen molar-refractivity contribution >= 4 is 12.1 Å². The van der Waals surface area contributed by atoms with Crippen molar-refractivity contribution in [1.82, 2.24) is 10.3 Å². The number of hydrogen-bond acceptors (Lipinski definition) is 8. The zero-order valence-electron chi connectivity index (χ0n) is 16.7. The van der Waals surface area contributed by atoms with Crippen molar-refractivity contribution in [2.45, 2.75) is 39.3 Å². The molecule has 0 fully saturated rings. The van der Waals surface area contributed by atoms with E-state index in [1.807, 2.05) is 0 Å². The van der Waals surface area contributed by atoms with Gasteiger partial charge in [-0.1, -0.05) is 0 Å². The van der Waals surface area contributed by atoms with Gasteiger partial charge in [0.1, 0.15) is 11.9 Å². The molecule has 0 aliphatic heterocycles. The molecule has 1 heterocycles. The van der Waals surface area contributed by atoms with E-state index in [2.05, 4.69) is 10.3 Å². The van der Waals surface area contributed by atoms with Crippen LogP contribution in [0.15, 0.2) is 29.2 Å². The SMILES string of the molecule is COc1c(OC(=O)c2cocn2)ccc([C@H](C)NC(=O)OC(C)(C)C)c1OC. The normalized spacial score (nSPS) is 12.1. The molecule has 0 saturated carbocycles. The second kappa shape index (κ2) is 8.64. The Labute approximate surface area is 162 Å². The number of rotatable bonds is 6. The minimum absolute atomic E-state index is 0.0186. The molecular formula is C19H24N2O7. The van der Waals surface area contributed by atoms with Gasteiger partial charge >= 0.3 is 12.1 Å². The number of oxazole rings is 1. The molecule has 1 aromatic carbocycles. The molecule has 0 aliphatic carbocycles. The minimum atomic E-state index is -0.707. The lowest BCUT2D eigenvalue weighted by Crippen LogP contribution is -2.34. The molecule has 2 rings (SSSR count). The predicted molar refractivity (Wildman–Crippen MR) is 98.8 cm³/mol. The first-order chi connectivity index (χ1) is 13.2. The third kappa shape index (κ3) is 5.15. The number of ether oxygens (including phenoxy) is 4. The van der Waals surface area contributed by atoms with Gasteiger partial charge in [0.25, 0.3) is 0 Å². The standard InChI is InChI=1S/C19H24N2O7/c1-11(21-18(23)28-19(2,3)4)12-7-8-14(16(25-6)15(12)24-5)27-17(22)13-9-26-10-20-13/h7-11H,1-6H3,(H,21,23)/t11-/m0/s1. The van der Waals surface area contributed by atoms with Gasteiger partial charge in [0.2, 0.25) is 5.75 Å². The number of aromatic nitrogens is 1. The number of hydrogen-bond donors (Lipinski definition) is 1. The number of alkyl carbamates (subject to hydrolysis) is 1. The topological polar surface area (TPSA) is 109 Å². The zero-order chi connectivity index (χ0) is 20.9. The molecule has 2 aromatic rings. The highest BCUT2D eigenvalue weighted by atomic mass is 16.6. The fourth-order valence-corrected chi connectivity index (χ4v) is 2.41. The summed E-state index contributed by atoms with van der Waals surface area (Å²) in [5.41, 5.74) is 0.0154. The van der Waals surface area contributed by atoms with E-state index in [1.165, 1.54) is 20.5 Å². The minimum Gasteiger partial charge on any atom is -0.492 e. The van der Waals surface area contributed by atoms with E-state index in [0.29, 0.717) is 11.3 Å². The predicted octanol–water partition coefficient (Wildman–Crippen LogP) is 3.50. The lowest BCUT2D eigenvalue weighted by molar-refractivity contribution is 0.0507. The third-order valence-corrected chi connectivity index (χ3v) is 3.56. The monoisotopic (exact) mass is 392 g/mol. The summed E-state index contributed by atoms with van der Waals surface area (Å²) in [4.78, 5) is 27.9. The van der Waals surface area contributed by atoms with Gasteiger partial charge in [-0.15, -0.1) is 0 Å². The van der Waals surface area contributed by atoms with Crippen LogP contribution in [0.1, 0.15) is 49.8 Å². The molecule has 0 unspecified atom stereocenters. The number of benzene rings is 1. The Morgan fingerprint density at radius 1 is 1.14 bits per heavy atom. The zero-order valence-corrected chi connectivity index (χ0v) is 16.7. The maximum absolute atomic E-state index is 12.1. The largest absolute Gasteiger partial charge is 0.492 e. The first-order valence-electron chi connectivity index (χ1n) is 8.51. The van der Waals surface area contributed by atoms with Crippen molar-refractivity contribution in [3.8, 4) is 17.2 Å². The van der Waals surface area contributed by atoms with Crippen LogP contribution in [-0.2, 0) is 4.74 Å². The molecule has 1 aromatic heterocycles. The Morgan fingerprint density at radius 3 is 2.36 bits per heavy atom. The molecule has 28 heavy (non-hydrogen) atoms. The van der Waals surface area contributed by atoms with Gasteiger partial charge in [0, 0.05) is 5.56 Å². The lowest BCUT2D eigenvalue weighted by Gasteiger charge is -2.23. The second-order valence-corrected chi connectivity index (χ2v) is 6.85. The molecule has 9 nitrogen and oxygen atoms in total. The Morgan fingerprint density at radius 2 is 1.82 bits per heavy atom. The van der Waals surface area contributed by atoms with E-state index in [9.17, 15) is 9.59 Å². The number of methoxy groups -OCH3 is 2. The van der Waals surface area contributed by atoms with Crippen LogP contribution in [0.5, 0.6) is 17.2 Å². The van der Waals surface area contributed by atoms with Crippen LogP contribution >= 0.6 is 0 Å². The molecule has 0 radical (unpaired) electrons. The van der Waals surface area contributed by atoms with Crippen molar-refractivity contribution in [2.24, 2.45) is 0 Å². The number of amides is 1. The first-order valence-corrected chi connectivity index (χ1v) is 8.51. The molecule has 0 saturated heterocycles. The Bertz CT molecular complexity index is 826. The summed E-state index contributed by atoms with van der Waals surface area (Å²) in [5, 5.41) is 2.73. The summed E-state index contributed by atoms with van der Waals surface area (Å²) in [6.45, 7) is 7.10. The molecule has 0 spiro atoms. The highest BCUT2D eigenvalue weighted by Gasteiger charge is 2.25. The number of nitrogens with one attached hydrogen (secondary N) is 1. The van der Waals surface area contributed by atoms with E-state index >= 15 is 0 Å². The van der Waals surface area contributed by atoms with Crippen LogP contribution < -0.4 is 19.5 Å². The highest BCUT2D eigenvalue weighted by Crippen LogP contribution is 2.42. The Balaban J connectivity index is 2.26. The van der Waals surface area contributed by atoms with Crippen LogP contribution in [0.3, 0.4) is 0 Å². The van der Waals surface area contributed by atoms with Crippen LogP contribution in [0, 0.1) is 0 Å². The Kier molecular flexibility index (Phi) is 6.50. The molecule has 152 valence electrons. The van der Waals surface area contributed by atoms with E-state index in [0.717, 1.165) is 6.39 Å². The fourth-order valence-electron chi connectivity index (χ4n) is 2.41. The van der Waals surface area contributed by atoms with Gasteiger partial charge in [-0.05, 0) is 39.8 Å². The van der Waals surface area contributed by atoms with Gasteiger partial charge in [-0.3, -0.25) is 0 Å². The van der Waals surface area contributed by atoms with Gasteiger partial charge in [0.05, 0.1) is 20.3 Å². The maximum Gasteiger partial charge on any atom is 0.408 e. The van der Waals surface area contributed by atoms with E-state index in [-0.39, 0.29) is 17.2 Å². The highest BCUT2D eigenvalue weighted by molar-refractivity contribution is 5.89. The first kappa shape index (κ1) is 21.1. The van der Waals surface area contributed by atoms with Gasteiger partial charge in [0.15, 0.2) is 23.6 Å². The molecule has 0 bridgehead atoms. The summed E-state index contributed by atoms with van der Waals surface area (Å²) in [5.74, 6) is -0.0476. The fraction of sp³-hybridized carbons (Fsp3) is 0.421. The molecule has 0 aliphatic rings. The van der Waals surface area contributed by atoms with Crippen molar-refractivity contribution in [1.29, 1.82) is 0 Å². The average Bonchev–Trinajstić information content (AvgIpc) is 3.13. The molecule has 1 N–H and O–H groups in total. The quantitative estimate of drug-likeness (QED) is 0.588. The average molecular weight is 392 g/mol. The number of nitrogens with zero attached hydrogens (tertiary/aromatic N) is 1. The lowest BCUT2D eigenvalue weighted by atomic mass is 10.1. The maximum atomic E-state index is 12.1. The van der Waals surface area contributed by atoms with Gasteiger partial charge in [-0.25, -0.2) is 14.6 Å². The van der Waals surface area contributed by atoms with Crippen LogP contribution in [0.25, 0.3) is 0 Å².